The third-order valence-electron chi connectivity index (χ3n) is 4.73. The van der Waals surface area contributed by atoms with Crippen molar-refractivity contribution in [2.45, 2.75) is 117 Å². The molecule has 0 amide bonds. The van der Waals surface area contributed by atoms with E-state index in [2.05, 4.69) is 25.7 Å². The molecule has 0 N–H and O–H groups in total. The van der Waals surface area contributed by atoms with E-state index < -0.39 is 11.9 Å². The maximum atomic E-state index is 11.5. The molecule has 0 saturated heterocycles. The molecule has 0 aromatic carbocycles. The fourth-order valence-electron chi connectivity index (χ4n) is 2.98. The van der Waals surface area contributed by atoms with Crippen molar-refractivity contribution in [1.29, 1.82) is 0 Å². The van der Waals surface area contributed by atoms with Gasteiger partial charge in [-0.25, -0.2) is 9.59 Å². The zero-order valence-electron chi connectivity index (χ0n) is 18.4. The quantitative estimate of drug-likeness (QED) is 0.117. The van der Waals surface area contributed by atoms with Crippen LogP contribution in [0.25, 0.3) is 0 Å². The number of hydrogen-bond donors (Lipinski definition) is 0. The van der Waals surface area contributed by atoms with Crippen LogP contribution in [-0.2, 0) is 19.1 Å². The highest BCUT2D eigenvalue weighted by Gasteiger charge is 2.01. The molecule has 0 aliphatic heterocycles. The van der Waals surface area contributed by atoms with Gasteiger partial charge in [0.05, 0.1) is 13.2 Å². The molecule has 162 valence electrons. The largest absolute Gasteiger partial charge is 0.456 e. The van der Waals surface area contributed by atoms with Crippen LogP contribution in [-0.4, -0.2) is 25.2 Å². The Morgan fingerprint density at radius 2 is 0.786 bits per heavy atom. The molecular weight excluding hydrogens is 352 g/mol. The topological polar surface area (TPSA) is 52.6 Å². The molecule has 0 heterocycles. The smallest absolute Gasteiger partial charge is 0.384 e. The summed E-state index contributed by atoms with van der Waals surface area (Å²) in [6.45, 7) is 5.17. The van der Waals surface area contributed by atoms with E-state index in [1.165, 1.54) is 77.0 Å². The molecule has 0 atom stereocenters. The van der Waals surface area contributed by atoms with E-state index in [9.17, 15) is 9.59 Å². The molecule has 28 heavy (non-hydrogen) atoms. The molecule has 0 radical (unpaired) electrons. The molecule has 0 aliphatic rings. The lowest BCUT2D eigenvalue weighted by molar-refractivity contribution is -0.138. The van der Waals surface area contributed by atoms with Crippen LogP contribution in [0.2, 0.25) is 0 Å². The van der Waals surface area contributed by atoms with Gasteiger partial charge in [0.25, 0.3) is 0 Å². The summed E-state index contributed by atoms with van der Waals surface area (Å²) >= 11 is 0. The van der Waals surface area contributed by atoms with Crippen molar-refractivity contribution in [3.63, 3.8) is 0 Å². The second kappa shape index (κ2) is 21.8. The van der Waals surface area contributed by atoms with Crippen LogP contribution >= 0.6 is 0 Å². The van der Waals surface area contributed by atoms with E-state index in [0.717, 1.165) is 25.7 Å². The average Bonchev–Trinajstić information content (AvgIpc) is 2.69. The minimum absolute atomic E-state index is 0.371. The Morgan fingerprint density at radius 3 is 1.11 bits per heavy atom. The van der Waals surface area contributed by atoms with Crippen molar-refractivity contribution >= 4 is 11.9 Å². The maximum Gasteiger partial charge on any atom is 0.384 e. The fraction of sp³-hybridized carbons (Fsp3) is 0.833. The minimum Gasteiger partial charge on any atom is -0.456 e. The van der Waals surface area contributed by atoms with Crippen molar-refractivity contribution in [3.8, 4) is 11.8 Å². The number of ether oxygens (including phenoxy) is 2. The first kappa shape index (κ1) is 26.5. The number of carbonyl (C=O) groups excluding carboxylic acids is 2. The van der Waals surface area contributed by atoms with E-state index in [1.807, 2.05) is 0 Å². The van der Waals surface area contributed by atoms with Crippen molar-refractivity contribution < 1.29 is 19.1 Å². The maximum absolute atomic E-state index is 11.5. The van der Waals surface area contributed by atoms with Gasteiger partial charge in [0.1, 0.15) is 0 Å². The molecule has 4 heteroatoms. The number of hydrogen-bond acceptors (Lipinski definition) is 4. The first-order chi connectivity index (χ1) is 13.7. The van der Waals surface area contributed by atoms with Gasteiger partial charge in [0.2, 0.25) is 0 Å². The molecular formula is C24H42O4. The van der Waals surface area contributed by atoms with Crippen LogP contribution in [0.3, 0.4) is 0 Å². The van der Waals surface area contributed by atoms with Gasteiger partial charge in [-0.1, -0.05) is 104 Å². The Morgan fingerprint density at radius 1 is 0.500 bits per heavy atom. The predicted molar refractivity (Wildman–Crippen MR) is 115 cm³/mol. The molecule has 4 nitrogen and oxygen atoms in total. The molecule has 0 bridgehead atoms. The minimum atomic E-state index is -0.646. The van der Waals surface area contributed by atoms with Crippen LogP contribution in [0, 0.1) is 11.8 Å². The van der Waals surface area contributed by atoms with Crippen LogP contribution in [0.1, 0.15) is 117 Å². The van der Waals surface area contributed by atoms with E-state index in [0.29, 0.717) is 13.2 Å². The molecule has 0 unspecified atom stereocenters. The van der Waals surface area contributed by atoms with Gasteiger partial charge in [-0.3, -0.25) is 0 Å². The van der Waals surface area contributed by atoms with Crippen LogP contribution < -0.4 is 0 Å². The normalized spacial score (nSPS) is 10.2. The molecule has 0 rings (SSSR count). The van der Waals surface area contributed by atoms with Crippen LogP contribution in [0.5, 0.6) is 0 Å². The van der Waals surface area contributed by atoms with Gasteiger partial charge in [-0.2, -0.15) is 0 Å². The Balaban J connectivity index is 3.47. The summed E-state index contributed by atoms with van der Waals surface area (Å²) in [5, 5.41) is 0. The highest BCUT2D eigenvalue weighted by Crippen LogP contribution is 2.09. The lowest BCUT2D eigenvalue weighted by Gasteiger charge is -2.02. The van der Waals surface area contributed by atoms with E-state index in [1.54, 1.807) is 0 Å². The van der Waals surface area contributed by atoms with Crippen molar-refractivity contribution in [2.75, 3.05) is 13.2 Å². The van der Waals surface area contributed by atoms with Gasteiger partial charge >= 0.3 is 11.9 Å². The van der Waals surface area contributed by atoms with E-state index in [4.69, 9.17) is 9.47 Å². The zero-order chi connectivity index (χ0) is 20.7. The summed E-state index contributed by atoms with van der Waals surface area (Å²) in [4.78, 5) is 22.9. The predicted octanol–water partition coefficient (Wildman–Crippen LogP) is 6.36. The zero-order valence-corrected chi connectivity index (χ0v) is 18.4. The highest BCUT2D eigenvalue weighted by molar-refractivity contribution is 5.98. The van der Waals surface area contributed by atoms with Crippen molar-refractivity contribution in [2.24, 2.45) is 0 Å². The van der Waals surface area contributed by atoms with Gasteiger partial charge in [-0.05, 0) is 12.8 Å². The fourth-order valence-corrected chi connectivity index (χ4v) is 2.98. The van der Waals surface area contributed by atoms with Crippen LogP contribution in [0.4, 0.5) is 0 Å². The standard InChI is InChI=1S/C24H42O4/c1-3-5-7-9-11-13-15-17-21-27-23(25)19-20-24(26)28-22-18-16-14-12-10-8-6-4-2/h3-18,21-22H2,1-2H3. The molecule has 0 saturated carbocycles. The SMILES string of the molecule is CCCCCCCCCCOC(=O)C#CC(=O)OCCCCCCCCCC. The van der Waals surface area contributed by atoms with E-state index in [-0.39, 0.29) is 0 Å². The molecule has 0 spiro atoms. The summed E-state index contributed by atoms with van der Waals surface area (Å²) in [5.74, 6) is 3.11. The van der Waals surface area contributed by atoms with E-state index >= 15 is 0 Å². The Hall–Kier alpha value is -1.50. The average molecular weight is 395 g/mol. The second-order valence-corrected chi connectivity index (χ2v) is 7.47. The number of carbonyl (C=O) groups is 2. The second-order valence-electron chi connectivity index (χ2n) is 7.47. The third kappa shape index (κ3) is 20.8. The van der Waals surface area contributed by atoms with Gasteiger partial charge in [0, 0.05) is 11.8 Å². The summed E-state index contributed by atoms with van der Waals surface area (Å²) in [7, 11) is 0. The van der Waals surface area contributed by atoms with Crippen LogP contribution in [0.15, 0.2) is 0 Å². The Labute approximate surface area is 173 Å². The summed E-state index contributed by atoms with van der Waals surface area (Å²) < 4.78 is 10.0. The third-order valence-corrected chi connectivity index (χ3v) is 4.73. The van der Waals surface area contributed by atoms with Gasteiger partial charge in [-0.15, -0.1) is 0 Å². The number of rotatable bonds is 18. The number of esters is 2. The molecule has 0 fully saturated rings. The van der Waals surface area contributed by atoms with Gasteiger partial charge < -0.3 is 9.47 Å². The lowest BCUT2D eigenvalue weighted by atomic mass is 10.1. The highest BCUT2D eigenvalue weighted by atomic mass is 16.5. The molecule has 0 aromatic rings. The molecule has 0 aromatic heterocycles. The van der Waals surface area contributed by atoms with Crippen molar-refractivity contribution in [1.82, 2.24) is 0 Å². The summed E-state index contributed by atoms with van der Waals surface area (Å²) in [6.07, 6.45) is 19.1. The Kier molecular flexibility index (Phi) is 20.6. The summed E-state index contributed by atoms with van der Waals surface area (Å²) in [6, 6.07) is 0. The first-order valence-electron chi connectivity index (χ1n) is 11.6. The van der Waals surface area contributed by atoms with Gasteiger partial charge in [0.15, 0.2) is 0 Å². The number of unbranched alkanes of at least 4 members (excludes halogenated alkanes) is 14. The molecule has 0 aliphatic carbocycles. The lowest BCUT2D eigenvalue weighted by Crippen LogP contribution is -2.06. The summed E-state index contributed by atoms with van der Waals surface area (Å²) in [5.41, 5.74) is 0. The Bertz CT molecular complexity index is 396. The van der Waals surface area contributed by atoms with Crippen molar-refractivity contribution in [3.05, 3.63) is 0 Å². The monoisotopic (exact) mass is 394 g/mol. The first-order valence-corrected chi connectivity index (χ1v) is 11.6.